The minimum atomic E-state index is 0.676. The number of rotatable bonds is 4. The first-order chi connectivity index (χ1) is 15.8. The van der Waals surface area contributed by atoms with Crippen LogP contribution in [0.15, 0.2) is 55.1 Å². The second-order valence-electron chi connectivity index (χ2n) is 7.75. The van der Waals surface area contributed by atoms with Gasteiger partial charge in [0.1, 0.15) is 18.2 Å². The number of fused-ring (bicyclic) bond motifs is 2. The predicted octanol–water partition coefficient (Wildman–Crippen LogP) is 3.18. The SMILES string of the molecule is c1cn2cc(-c3ccc4c(c3)NCCO4)nc(Nc3ccc(N4CCOCC4)nc3)c2n1. The monoisotopic (exact) mass is 429 g/mol. The van der Waals surface area contributed by atoms with Crippen LogP contribution in [0.1, 0.15) is 0 Å². The summed E-state index contributed by atoms with van der Waals surface area (Å²) in [6.45, 7) is 4.67. The largest absolute Gasteiger partial charge is 0.490 e. The molecule has 0 bridgehead atoms. The number of pyridine rings is 1. The molecule has 3 aromatic heterocycles. The fourth-order valence-electron chi connectivity index (χ4n) is 4.03. The zero-order chi connectivity index (χ0) is 21.3. The molecule has 0 atom stereocenters. The van der Waals surface area contributed by atoms with E-state index in [-0.39, 0.29) is 0 Å². The van der Waals surface area contributed by atoms with Crippen molar-refractivity contribution in [2.24, 2.45) is 0 Å². The number of benzene rings is 1. The first kappa shape index (κ1) is 18.9. The van der Waals surface area contributed by atoms with Crippen LogP contribution in [0, 0.1) is 0 Å². The summed E-state index contributed by atoms with van der Waals surface area (Å²) in [5.74, 6) is 2.50. The molecule has 5 heterocycles. The summed E-state index contributed by atoms with van der Waals surface area (Å²) in [5, 5.41) is 6.78. The summed E-state index contributed by atoms with van der Waals surface area (Å²) in [5.41, 5.74) is 4.44. The summed E-state index contributed by atoms with van der Waals surface area (Å²) in [6, 6.07) is 10.1. The lowest BCUT2D eigenvalue weighted by Gasteiger charge is -2.27. The van der Waals surface area contributed by atoms with Crippen molar-refractivity contribution in [3.8, 4) is 17.0 Å². The van der Waals surface area contributed by atoms with Gasteiger partial charge < -0.3 is 29.4 Å². The molecular weight excluding hydrogens is 406 g/mol. The highest BCUT2D eigenvalue weighted by atomic mass is 16.5. The van der Waals surface area contributed by atoms with Crippen LogP contribution < -0.4 is 20.3 Å². The average molecular weight is 429 g/mol. The molecule has 6 rings (SSSR count). The molecular formula is C23H23N7O2. The highest BCUT2D eigenvalue weighted by Gasteiger charge is 2.15. The standard InChI is InChI=1S/C23H23N7O2/c1-3-20-18(24-6-10-32-20)13-16(1)19-15-30-7-5-25-23(30)22(28-19)27-17-2-4-21(26-14-17)29-8-11-31-12-9-29/h1-5,7,13-15,24H,6,8-12H2,(H,27,28). The molecule has 0 saturated carbocycles. The number of aromatic nitrogens is 4. The molecule has 162 valence electrons. The number of nitrogens with one attached hydrogen (secondary N) is 2. The number of hydrogen-bond acceptors (Lipinski definition) is 8. The molecule has 2 aliphatic heterocycles. The van der Waals surface area contributed by atoms with E-state index in [4.69, 9.17) is 14.5 Å². The van der Waals surface area contributed by atoms with Crippen molar-refractivity contribution in [3.63, 3.8) is 0 Å². The predicted molar refractivity (Wildman–Crippen MR) is 123 cm³/mol. The Morgan fingerprint density at radius 3 is 2.84 bits per heavy atom. The maximum Gasteiger partial charge on any atom is 0.180 e. The molecule has 1 fully saturated rings. The number of morpholine rings is 1. The first-order valence-corrected chi connectivity index (χ1v) is 10.7. The lowest BCUT2D eigenvalue weighted by Crippen LogP contribution is -2.36. The smallest absolute Gasteiger partial charge is 0.180 e. The molecule has 2 aliphatic rings. The maximum absolute atomic E-state index is 5.70. The van der Waals surface area contributed by atoms with Crippen LogP contribution in [0.5, 0.6) is 5.75 Å². The van der Waals surface area contributed by atoms with Crippen LogP contribution in [-0.2, 0) is 4.74 Å². The van der Waals surface area contributed by atoms with Gasteiger partial charge in [0.2, 0.25) is 0 Å². The molecule has 0 radical (unpaired) electrons. The van der Waals surface area contributed by atoms with Crippen molar-refractivity contribution in [1.82, 2.24) is 19.4 Å². The molecule has 1 aromatic carbocycles. The molecule has 4 aromatic rings. The summed E-state index contributed by atoms with van der Waals surface area (Å²) in [4.78, 5) is 16.2. The van der Waals surface area contributed by atoms with Crippen LogP contribution in [0.4, 0.5) is 23.0 Å². The minimum Gasteiger partial charge on any atom is -0.490 e. The van der Waals surface area contributed by atoms with Crippen molar-refractivity contribution < 1.29 is 9.47 Å². The number of ether oxygens (including phenoxy) is 2. The molecule has 1 saturated heterocycles. The van der Waals surface area contributed by atoms with Gasteiger partial charge in [0.25, 0.3) is 0 Å². The number of hydrogen-bond donors (Lipinski definition) is 2. The van der Waals surface area contributed by atoms with Gasteiger partial charge in [0, 0.05) is 43.8 Å². The molecule has 0 aliphatic carbocycles. The lowest BCUT2D eigenvalue weighted by atomic mass is 10.1. The van der Waals surface area contributed by atoms with Crippen molar-refractivity contribution in [1.29, 1.82) is 0 Å². The van der Waals surface area contributed by atoms with Crippen LogP contribution >= 0.6 is 0 Å². The molecule has 0 spiro atoms. The second-order valence-corrected chi connectivity index (χ2v) is 7.75. The Balaban J connectivity index is 1.31. The highest BCUT2D eigenvalue weighted by Crippen LogP contribution is 2.33. The Kier molecular flexibility index (Phi) is 4.73. The van der Waals surface area contributed by atoms with Gasteiger partial charge in [-0.15, -0.1) is 0 Å². The fourth-order valence-corrected chi connectivity index (χ4v) is 4.03. The van der Waals surface area contributed by atoms with Gasteiger partial charge in [0.15, 0.2) is 11.5 Å². The van der Waals surface area contributed by atoms with Crippen LogP contribution in [-0.4, -0.2) is 58.8 Å². The molecule has 32 heavy (non-hydrogen) atoms. The minimum absolute atomic E-state index is 0.676. The fraction of sp³-hybridized carbons (Fsp3) is 0.261. The third-order valence-corrected chi connectivity index (χ3v) is 5.67. The van der Waals surface area contributed by atoms with E-state index < -0.39 is 0 Å². The van der Waals surface area contributed by atoms with Gasteiger partial charge in [-0.1, -0.05) is 0 Å². The van der Waals surface area contributed by atoms with Gasteiger partial charge in [-0.2, -0.15) is 0 Å². The molecule has 9 nitrogen and oxygen atoms in total. The van der Waals surface area contributed by atoms with Crippen molar-refractivity contribution in [3.05, 3.63) is 55.1 Å². The van der Waals surface area contributed by atoms with Crippen LogP contribution in [0.3, 0.4) is 0 Å². The number of anilines is 4. The van der Waals surface area contributed by atoms with E-state index in [1.165, 1.54) is 0 Å². The van der Waals surface area contributed by atoms with E-state index in [9.17, 15) is 0 Å². The zero-order valence-corrected chi connectivity index (χ0v) is 17.5. The van der Waals surface area contributed by atoms with E-state index in [1.807, 2.05) is 47.3 Å². The Morgan fingerprint density at radius 2 is 1.97 bits per heavy atom. The number of imidazole rings is 1. The van der Waals surface area contributed by atoms with Crippen molar-refractivity contribution in [2.45, 2.75) is 0 Å². The summed E-state index contributed by atoms with van der Waals surface area (Å²) < 4.78 is 13.1. The van der Waals surface area contributed by atoms with Crippen molar-refractivity contribution >= 4 is 28.7 Å². The van der Waals surface area contributed by atoms with Gasteiger partial charge in [-0.25, -0.2) is 15.0 Å². The summed E-state index contributed by atoms with van der Waals surface area (Å²) >= 11 is 0. The Morgan fingerprint density at radius 1 is 1.03 bits per heavy atom. The Bertz CT molecular complexity index is 1250. The zero-order valence-electron chi connectivity index (χ0n) is 17.5. The van der Waals surface area contributed by atoms with E-state index in [0.717, 1.165) is 72.7 Å². The molecule has 0 unspecified atom stereocenters. The second kappa shape index (κ2) is 8.01. The lowest BCUT2D eigenvalue weighted by molar-refractivity contribution is 0.122. The topological polar surface area (TPSA) is 88.8 Å². The number of nitrogens with zero attached hydrogens (tertiary/aromatic N) is 5. The third-order valence-electron chi connectivity index (χ3n) is 5.67. The van der Waals surface area contributed by atoms with E-state index in [1.54, 1.807) is 6.20 Å². The quantitative estimate of drug-likeness (QED) is 0.511. The van der Waals surface area contributed by atoms with Gasteiger partial charge >= 0.3 is 0 Å². The highest BCUT2D eigenvalue weighted by molar-refractivity contribution is 5.76. The Hall–Kier alpha value is -3.85. The summed E-state index contributed by atoms with van der Waals surface area (Å²) in [6.07, 6.45) is 7.51. The molecule has 2 N–H and O–H groups in total. The van der Waals surface area contributed by atoms with E-state index in [2.05, 4.69) is 31.6 Å². The first-order valence-electron chi connectivity index (χ1n) is 10.7. The van der Waals surface area contributed by atoms with Gasteiger partial charge in [-0.3, -0.25) is 0 Å². The Labute approximate surface area is 185 Å². The van der Waals surface area contributed by atoms with E-state index in [0.29, 0.717) is 12.4 Å². The normalized spacial score (nSPS) is 15.7. The maximum atomic E-state index is 5.70. The van der Waals surface area contributed by atoms with E-state index >= 15 is 0 Å². The van der Waals surface area contributed by atoms with Crippen molar-refractivity contribution in [2.75, 3.05) is 55.0 Å². The van der Waals surface area contributed by atoms with Gasteiger partial charge in [0.05, 0.1) is 36.5 Å². The van der Waals surface area contributed by atoms with Crippen LogP contribution in [0.25, 0.3) is 16.9 Å². The van der Waals surface area contributed by atoms with Crippen LogP contribution in [0.2, 0.25) is 0 Å². The third kappa shape index (κ3) is 3.56. The van der Waals surface area contributed by atoms with Gasteiger partial charge in [-0.05, 0) is 30.3 Å². The average Bonchev–Trinajstić information content (AvgIpc) is 3.34. The molecule has 9 heteroatoms. The molecule has 0 amide bonds. The summed E-state index contributed by atoms with van der Waals surface area (Å²) in [7, 11) is 0.